The van der Waals surface area contributed by atoms with E-state index in [9.17, 15) is 4.79 Å². The number of carboxylic acids is 1. The predicted octanol–water partition coefficient (Wildman–Crippen LogP) is 2.63. The standard InChI is InChI=1S/C10H18O2S/c1-3-13-7-6-10(2,9(11)12)8-4-5-8/h8H,3-7H2,1-2H3,(H,11,12). The minimum absolute atomic E-state index is 0.442. The Balaban J connectivity index is 2.42. The second-order valence-electron chi connectivity index (χ2n) is 3.94. The zero-order chi connectivity index (χ0) is 9.90. The average Bonchev–Trinajstić information content (AvgIpc) is 2.86. The highest BCUT2D eigenvalue weighted by Crippen LogP contribution is 2.48. The Hall–Kier alpha value is -0.180. The van der Waals surface area contributed by atoms with Crippen LogP contribution in [0.25, 0.3) is 0 Å². The van der Waals surface area contributed by atoms with Crippen LogP contribution in [0.4, 0.5) is 0 Å². The number of carbonyl (C=O) groups is 1. The lowest BCUT2D eigenvalue weighted by molar-refractivity contribution is -0.149. The largest absolute Gasteiger partial charge is 0.481 e. The molecule has 0 aromatic carbocycles. The average molecular weight is 202 g/mol. The van der Waals surface area contributed by atoms with Crippen molar-refractivity contribution < 1.29 is 9.90 Å². The van der Waals surface area contributed by atoms with Crippen LogP contribution in [0.2, 0.25) is 0 Å². The monoisotopic (exact) mass is 202 g/mol. The zero-order valence-corrected chi connectivity index (χ0v) is 9.19. The van der Waals surface area contributed by atoms with E-state index in [-0.39, 0.29) is 0 Å². The molecule has 1 fully saturated rings. The highest BCUT2D eigenvalue weighted by molar-refractivity contribution is 7.99. The van der Waals surface area contributed by atoms with Crippen LogP contribution in [-0.2, 0) is 4.79 Å². The second-order valence-corrected chi connectivity index (χ2v) is 5.34. The smallest absolute Gasteiger partial charge is 0.309 e. The van der Waals surface area contributed by atoms with E-state index in [4.69, 9.17) is 5.11 Å². The fourth-order valence-corrected chi connectivity index (χ4v) is 2.49. The lowest BCUT2D eigenvalue weighted by atomic mass is 9.82. The van der Waals surface area contributed by atoms with Crippen molar-refractivity contribution in [1.29, 1.82) is 0 Å². The van der Waals surface area contributed by atoms with E-state index in [1.165, 1.54) is 0 Å². The zero-order valence-electron chi connectivity index (χ0n) is 8.38. The Morgan fingerprint density at radius 3 is 2.62 bits per heavy atom. The first-order valence-electron chi connectivity index (χ1n) is 4.92. The van der Waals surface area contributed by atoms with Crippen molar-refractivity contribution in [1.82, 2.24) is 0 Å². The molecule has 0 heterocycles. The molecule has 0 aromatic heterocycles. The SMILES string of the molecule is CCSCCC(C)(C(=O)O)C1CC1. The highest BCUT2D eigenvalue weighted by Gasteiger charge is 2.46. The molecule has 1 aliphatic carbocycles. The molecule has 3 heteroatoms. The number of aliphatic carboxylic acids is 1. The summed E-state index contributed by atoms with van der Waals surface area (Å²) >= 11 is 1.83. The van der Waals surface area contributed by atoms with Crippen LogP contribution in [-0.4, -0.2) is 22.6 Å². The van der Waals surface area contributed by atoms with Gasteiger partial charge in [0.2, 0.25) is 0 Å². The van der Waals surface area contributed by atoms with Crippen molar-refractivity contribution in [2.45, 2.75) is 33.1 Å². The Morgan fingerprint density at radius 2 is 2.23 bits per heavy atom. The van der Waals surface area contributed by atoms with Crippen LogP contribution >= 0.6 is 11.8 Å². The van der Waals surface area contributed by atoms with Crippen LogP contribution in [0.3, 0.4) is 0 Å². The topological polar surface area (TPSA) is 37.3 Å². The summed E-state index contributed by atoms with van der Waals surface area (Å²) in [6, 6.07) is 0. The Bertz CT molecular complexity index is 189. The molecule has 76 valence electrons. The maximum absolute atomic E-state index is 11.1. The van der Waals surface area contributed by atoms with E-state index >= 15 is 0 Å². The van der Waals surface area contributed by atoms with Crippen molar-refractivity contribution >= 4 is 17.7 Å². The van der Waals surface area contributed by atoms with Gasteiger partial charge in [0, 0.05) is 0 Å². The quantitative estimate of drug-likeness (QED) is 0.673. The van der Waals surface area contributed by atoms with Gasteiger partial charge < -0.3 is 5.11 Å². The van der Waals surface area contributed by atoms with E-state index in [1.807, 2.05) is 18.7 Å². The Morgan fingerprint density at radius 1 is 1.62 bits per heavy atom. The Labute approximate surface area is 84.1 Å². The number of carboxylic acid groups (broad SMARTS) is 1. The summed E-state index contributed by atoms with van der Waals surface area (Å²) in [7, 11) is 0. The normalized spacial score (nSPS) is 21.1. The molecule has 0 amide bonds. The molecule has 0 bridgehead atoms. The maximum Gasteiger partial charge on any atom is 0.309 e. The number of hydrogen-bond acceptors (Lipinski definition) is 2. The first-order valence-corrected chi connectivity index (χ1v) is 6.08. The van der Waals surface area contributed by atoms with Crippen LogP contribution in [0, 0.1) is 11.3 Å². The van der Waals surface area contributed by atoms with Gasteiger partial charge in [-0.15, -0.1) is 0 Å². The van der Waals surface area contributed by atoms with Gasteiger partial charge in [-0.2, -0.15) is 11.8 Å². The summed E-state index contributed by atoms with van der Waals surface area (Å²) < 4.78 is 0. The third-order valence-corrected chi connectivity index (χ3v) is 3.84. The molecule has 1 saturated carbocycles. The highest BCUT2D eigenvalue weighted by atomic mass is 32.2. The van der Waals surface area contributed by atoms with Gasteiger partial charge in [-0.1, -0.05) is 6.92 Å². The van der Waals surface area contributed by atoms with Crippen molar-refractivity contribution in [2.24, 2.45) is 11.3 Å². The van der Waals surface area contributed by atoms with Gasteiger partial charge in [-0.05, 0) is 43.6 Å². The van der Waals surface area contributed by atoms with E-state index in [0.717, 1.165) is 30.8 Å². The van der Waals surface area contributed by atoms with Gasteiger partial charge in [0.1, 0.15) is 0 Å². The summed E-state index contributed by atoms with van der Waals surface area (Å²) in [5, 5.41) is 9.13. The molecule has 1 unspecified atom stereocenters. The molecule has 0 radical (unpaired) electrons. The van der Waals surface area contributed by atoms with Crippen molar-refractivity contribution in [3.05, 3.63) is 0 Å². The first kappa shape index (κ1) is 10.9. The van der Waals surface area contributed by atoms with Gasteiger partial charge >= 0.3 is 5.97 Å². The van der Waals surface area contributed by atoms with E-state index in [1.54, 1.807) is 0 Å². The van der Waals surface area contributed by atoms with E-state index in [2.05, 4.69) is 6.92 Å². The predicted molar refractivity (Wildman–Crippen MR) is 56.1 cm³/mol. The summed E-state index contributed by atoms with van der Waals surface area (Å²) in [6.45, 7) is 4.02. The van der Waals surface area contributed by atoms with Crippen molar-refractivity contribution in [3.63, 3.8) is 0 Å². The van der Waals surface area contributed by atoms with Crippen LogP contribution in [0.15, 0.2) is 0 Å². The van der Waals surface area contributed by atoms with Gasteiger partial charge in [0.05, 0.1) is 5.41 Å². The van der Waals surface area contributed by atoms with Gasteiger partial charge in [0.15, 0.2) is 0 Å². The fourth-order valence-electron chi connectivity index (χ4n) is 1.63. The summed E-state index contributed by atoms with van der Waals surface area (Å²) in [5.74, 6) is 1.91. The van der Waals surface area contributed by atoms with Crippen molar-refractivity contribution in [2.75, 3.05) is 11.5 Å². The summed E-state index contributed by atoms with van der Waals surface area (Å²) in [4.78, 5) is 11.1. The molecule has 0 saturated heterocycles. The van der Waals surface area contributed by atoms with Gasteiger partial charge in [-0.25, -0.2) is 0 Å². The van der Waals surface area contributed by atoms with E-state index in [0.29, 0.717) is 5.92 Å². The van der Waals surface area contributed by atoms with Crippen LogP contribution < -0.4 is 0 Å². The maximum atomic E-state index is 11.1. The van der Waals surface area contributed by atoms with Gasteiger partial charge in [-0.3, -0.25) is 4.79 Å². The van der Waals surface area contributed by atoms with Crippen molar-refractivity contribution in [3.8, 4) is 0 Å². The molecular weight excluding hydrogens is 184 g/mol. The molecule has 0 aliphatic heterocycles. The first-order chi connectivity index (χ1) is 6.11. The molecule has 1 aliphatic rings. The lowest BCUT2D eigenvalue weighted by Crippen LogP contribution is -2.30. The third-order valence-electron chi connectivity index (χ3n) is 2.94. The molecular formula is C10H18O2S. The van der Waals surface area contributed by atoms with Crippen LogP contribution in [0.1, 0.15) is 33.1 Å². The van der Waals surface area contributed by atoms with E-state index < -0.39 is 11.4 Å². The molecule has 0 spiro atoms. The number of thioether (sulfide) groups is 1. The number of hydrogen-bond donors (Lipinski definition) is 1. The second kappa shape index (κ2) is 4.36. The molecule has 1 rings (SSSR count). The molecule has 1 atom stereocenters. The molecule has 2 nitrogen and oxygen atoms in total. The fraction of sp³-hybridized carbons (Fsp3) is 0.900. The van der Waals surface area contributed by atoms with Gasteiger partial charge in [0.25, 0.3) is 0 Å². The Kier molecular flexibility index (Phi) is 3.65. The summed E-state index contributed by atoms with van der Waals surface area (Å²) in [5.41, 5.74) is -0.442. The molecule has 1 N–H and O–H groups in total. The number of rotatable bonds is 6. The van der Waals surface area contributed by atoms with Crippen LogP contribution in [0.5, 0.6) is 0 Å². The third kappa shape index (κ3) is 2.63. The lowest BCUT2D eigenvalue weighted by Gasteiger charge is -2.24. The summed E-state index contributed by atoms with van der Waals surface area (Å²) in [6.07, 6.45) is 3.05. The molecule has 0 aromatic rings. The minimum atomic E-state index is -0.605. The molecule has 13 heavy (non-hydrogen) atoms. The minimum Gasteiger partial charge on any atom is -0.481 e.